The molecular formula is C118H81BN4O. The van der Waals surface area contributed by atoms with Crippen LogP contribution in [0.25, 0.3) is 177 Å². The van der Waals surface area contributed by atoms with Crippen molar-refractivity contribution in [3.05, 3.63) is 442 Å². The van der Waals surface area contributed by atoms with Crippen LogP contribution in [0.1, 0.15) is 26.3 Å². The fraction of sp³-hybridized carbons (Fsp3) is 0.0339. The average molecular weight is 1580 g/mol. The second kappa shape index (κ2) is 29.0. The molecule has 0 unspecified atom stereocenters. The Morgan fingerprint density at radius 1 is 0.218 bits per heavy atom. The molecule has 0 atom stereocenters. The van der Waals surface area contributed by atoms with Crippen LogP contribution >= 0.6 is 0 Å². The molecule has 2 aliphatic heterocycles. The summed E-state index contributed by atoms with van der Waals surface area (Å²) >= 11 is 0. The SMILES string of the molecule is CC(C)(C)c1cc(-c2ccccc2)c(N2c3cc(-n4c5ccccc5c5ccccc54)ccc3B3c4ccc(-n5c6ccccc6c6ccccc65)cc4N(c4c(-c5ccccc5)cccc4-c4cccc(-c5cccc(-c6ccccc6)c5)c4)c4cc(-c5ccc6oc7ccccc7c6c5)cc2c43)c(-c2cccc(-c3cccc(-c4ccccc4)c3)c2)c1. The minimum atomic E-state index is -0.346. The van der Waals surface area contributed by atoms with E-state index < -0.39 is 0 Å². The van der Waals surface area contributed by atoms with Gasteiger partial charge in [-0.2, -0.15) is 0 Å². The zero-order valence-electron chi connectivity index (χ0n) is 68.8. The van der Waals surface area contributed by atoms with Crippen LogP contribution in [0.5, 0.6) is 0 Å². The van der Waals surface area contributed by atoms with Gasteiger partial charge < -0.3 is 23.4 Å². The molecule has 22 aromatic rings. The molecule has 0 fully saturated rings. The molecule has 0 aliphatic carbocycles. The van der Waals surface area contributed by atoms with Crippen LogP contribution < -0.4 is 26.2 Å². The number of nitrogens with zero attached hydrogens (tertiary/aromatic N) is 4. The first-order chi connectivity index (χ1) is 61.1. The number of hydrogen-bond acceptors (Lipinski definition) is 3. The number of fused-ring (bicyclic) bond motifs is 13. The van der Waals surface area contributed by atoms with Gasteiger partial charge in [-0.25, -0.2) is 0 Å². The molecule has 0 saturated heterocycles. The van der Waals surface area contributed by atoms with Crippen molar-refractivity contribution in [1.29, 1.82) is 0 Å². The monoisotopic (exact) mass is 1580 g/mol. The first-order valence-electron chi connectivity index (χ1n) is 43.0. The highest BCUT2D eigenvalue weighted by Gasteiger charge is 2.46. The van der Waals surface area contributed by atoms with Gasteiger partial charge in [0.2, 0.25) is 0 Å². The molecule has 0 spiro atoms. The number of anilines is 6. The van der Waals surface area contributed by atoms with E-state index in [-0.39, 0.29) is 12.1 Å². The quantitative estimate of drug-likeness (QED) is 0.108. The Bertz CT molecular complexity index is 7940. The van der Waals surface area contributed by atoms with Gasteiger partial charge in [0, 0.05) is 88.7 Å². The topological polar surface area (TPSA) is 29.5 Å². The molecule has 5 nitrogen and oxygen atoms in total. The van der Waals surface area contributed by atoms with Gasteiger partial charge in [0.05, 0.1) is 33.4 Å². The van der Waals surface area contributed by atoms with Gasteiger partial charge in [0.25, 0.3) is 6.71 Å². The molecule has 0 amide bonds. The van der Waals surface area contributed by atoms with Gasteiger partial charge in [0.1, 0.15) is 11.2 Å². The number of benzene rings is 19. The van der Waals surface area contributed by atoms with E-state index in [4.69, 9.17) is 4.42 Å². The fourth-order valence-corrected chi connectivity index (χ4v) is 20.2. The molecule has 0 radical (unpaired) electrons. The van der Waals surface area contributed by atoms with Crippen molar-refractivity contribution in [3.8, 4) is 112 Å². The summed E-state index contributed by atoms with van der Waals surface area (Å²) in [5, 5.41) is 6.94. The Kier molecular flexibility index (Phi) is 16.9. The summed E-state index contributed by atoms with van der Waals surface area (Å²) in [6.45, 7) is 6.75. The van der Waals surface area contributed by atoms with Gasteiger partial charge in [-0.1, -0.05) is 342 Å². The Hall–Kier alpha value is -15.8. The summed E-state index contributed by atoms with van der Waals surface area (Å²) in [4.78, 5) is 5.44. The molecule has 5 heterocycles. The highest BCUT2D eigenvalue weighted by atomic mass is 16.3. The van der Waals surface area contributed by atoms with Gasteiger partial charge in [-0.15, -0.1) is 0 Å². The molecule has 0 saturated carbocycles. The standard InChI is InChI=1S/C118H81BN4O/c1-118(2,3)90-72-100(79-37-14-7-15-38-79)117(101(73-90)88-46-29-44-85(68-88)83-42-27-40-81(66-83)77-33-10-5-11-34-77)123-110-75-92(121-107-56-23-18-49-97(107)98-50-19-24-57-108(98)121)61-63-104(110)119-103-62-60-91(120-105-54-21-16-47-95(105)96-48-17-22-55-106(96)120)74-109(103)122(111-70-89(71-112(123)115(111)119)86-59-64-114-102(69-86)99-51-20-25-58-113(99)124-114)116-93(78-35-12-6-13-36-78)52-30-53-94(116)87-45-28-43-84(67-87)82-41-26-39-80(65-82)76-31-8-4-9-32-76/h4-75H,1-3H3. The van der Waals surface area contributed by atoms with Crippen molar-refractivity contribution in [1.82, 2.24) is 9.13 Å². The van der Waals surface area contributed by atoms with E-state index in [1.165, 1.54) is 65.8 Å². The van der Waals surface area contributed by atoms with Gasteiger partial charge in [-0.05, 0) is 221 Å². The largest absolute Gasteiger partial charge is 0.456 e. The zero-order valence-corrected chi connectivity index (χ0v) is 68.8. The van der Waals surface area contributed by atoms with Crippen molar-refractivity contribution in [2.45, 2.75) is 26.2 Å². The molecule has 124 heavy (non-hydrogen) atoms. The van der Waals surface area contributed by atoms with Crippen LogP contribution in [0, 0.1) is 0 Å². The lowest BCUT2D eigenvalue weighted by Crippen LogP contribution is -2.61. The first kappa shape index (κ1) is 72.3. The summed E-state index contributed by atoms with van der Waals surface area (Å²) < 4.78 is 11.8. The van der Waals surface area contributed by atoms with Crippen LogP contribution in [-0.4, -0.2) is 15.8 Å². The lowest BCUT2D eigenvalue weighted by atomic mass is 9.33. The Morgan fingerprint density at radius 2 is 0.548 bits per heavy atom. The fourth-order valence-electron chi connectivity index (χ4n) is 20.2. The summed E-state index contributed by atoms with van der Waals surface area (Å²) in [7, 11) is 0. The maximum absolute atomic E-state index is 6.78. The number of para-hydroxylation sites is 6. The molecule has 3 aromatic heterocycles. The van der Waals surface area contributed by atoms with E-state index in [1.807, 2.05) is 0 Å². The van der Waals surface area contributed by atoms with Gasteiger partial charge >= 0.3 is 0 Å². The molecule has 2 aliphatic rings. The van der Waals surface area contributed by atoms with E-state index in [9.17, 15) is 0 Å². The van der Waals surface area contributed by atoms with Gasteiger partial charge in [-0.3, -0.25) is 0 Å². The minimum absolute atomic E-state index is 0.292. The van der Waals surface area contributed by atoms with Crippen LogP contribution in [0.2, 0.25) is 0 Å². The summed E-state index contributed by atoms with van der Waals surface area (Å²) in [6, 6.07) is 164. The molecule has 19 aromatic carbocycles. The number of hydrogen-bond donors (Lipinski definition) is 0. The third-order valence-corrected chi connectivity index (χ3v) is 26.0. The first-order valence-corrected chi connectivity index (χ1v) is 43.0. The lowest BCUT2D eigenvalue weighted by molar-refractivity contribution is 0.591. The predicted octanol–water partition coefficient (Wildman–Crippen LogP) is 30.2. The normalized spacial score (nSPS) is 12.4. The van der Waals surface area contributed by atoms with Crippen molar-refractivity contribution in [2.75, 3.05) is 9.80 Å². The highest BCUT2D eigenvalue weighted by molar-refractivity contribution is 7.00. The van der Waals surface area contributed by atoms with Crippen LogP contribution in [0.3, 0.4) is 0 Å². The third-order valence-electron chi connectivity index (χ3n) is 26.0. The van der Waals surface area contributed by atoms with Crippen LogP contribution in [-0.2, 0) is 5.41 Å². The molecule has 582 valence electrons. The summed E-state index contributed by atoms with van der Waals surface area (Å²) in [5.41, 5.74) is 39.4. The molecule has 6 heteroatoms. The second-order valence-electron chi connectivity index (χ2n) is 34.2. The van der Waals surface area contributed by atoms with Crippen molar-refractivity contribution in [3.63, 3.8) is 0 Å². The predicted molar refractivity (Wildman–Crippen MR) is 524 cm³/mol. The molecule has 0 N–H and O–H groups in total. The van der Waals surface area contributed by atoms with Crippen molar-refractivity contribution >= 4 is 123 Å². The van der Waals surface area contributed by atoms with E-state index >= 15 is 0 Å². The summed E-state index contributed by atoms with van der Waals surface area (Å²) in [5.74, 6) is 0. The van der Waals surface area contributed by atoms with Crippen LogP contribution in [0.15, 0.2) is 441 Å². The second-order valence-corrected chi connectivity index (χ2v) is 34.2. The van der Waals surface area contributed by atoms with E-state index in [2.05, 4.69) is 476 Å². The maximum atomic E-state index is 6.78. The molecular weight excluding hydrogens is 1500 g/mol. The molecule has 24 rings (SSSR count). The third kappa shape index (κ3) is 11.9. The number of rotatable bonds is 13. The van der Waals surface area contributed by atoms with Crippen molar-refractivity contribution in [2.24, 2.45) is 0 Å². The Morgan fingerprint density at radius 3 is 1.01 bits per heavy atom. The van der Waals surface area contributed by atoms with Gasteiger partial charge in [0.15, 0.2) is 0 Å². The maximum Gasteiger partial charge on any atom is 0.252 e. The smallest absolute Gasteiger partial charge is 0.252 e. The summed E-state index contributed by atoms with van der Waals surface area (Å²) in [6.07, 6.45) is 0. The number of furan rings is 1. The van der Waals surface area contributed by atoms with Crippen LogP contribution in [0.4, 0.5) is 34.1 Å². The highest BCUT2D eigenvalue weighted by Crippen LogP contribution is 2.56. The lowest BCUT2D eigenvalue weighted by Gasteiger charge is -2.46. The minimum Gasteiger partial charge on any atom is -0.456 e. The average Bonchev–Trinajstić information content (AvgIpc) is 0.859. The van der Waals surface area contributed by atoms with E-state index in [0.717, 1.165) is 167 Å². The molecule has 0 bridgehead atoms. The van der Waals surface area contributed by atoms with Crippen molar-refractivity contribution < 1.29 is 4.42 Å². The van der Waals surface area contributed by atoms with E-state index in [1.54, 1.807) is 0 Å². The number of aromatic nitrogens is 2. The van der Waals surface area contributed by atoms with E-state index in [0.29, 0.717) is 0 Å². The zero-order chi connectivity index (χ0) is 82.3. The Balaban J connectivity index is 0.859. The Labute approximate surface area is 721 Å².